The predicted octanol–water partition coefficient (Wildman–Crippen LogP) is 1.81. The summed E-state index contributed by atoms with van der Waals surface area (Å²) in [6, 6.07) is 2.95. The minimum Gasteiger partial charge on any atom is -0.466 e. The van der Waals surface area contributed by atoms with Crippen molar-refractivity contribution in [1.29, 1.82) is 0 Å². The number of anilines is 1. The number of nitrogens with one attached hydrogen (secondary N) is 2. The molecule has 2 amide bonds. The fraction of sp³-hybridized carbons (Fsp3) is 0.308. The third-order valence-electron chi connectivity index (χ3n) is 2.77. The van der Waals surface area contributed by atoms with Crippen LogP contribution in [-0.2, 0) is 14.3 Å². The van der Waals surface area contributed by atoms with Gasteiger partial charge < -0.3 is 14.8 Å². The molecule has 1 aromatic heterocycles. The van der Waals surface area contributed by atoms with Gasteiger partial charge in [0.1, 0.15) is 5.82 Å². The van der Waals surface area contributed by atoms with E-state index in [4.69, 9.17) is 4.74 Å². The highest BCUT2D eigenvalue weighted by Crippen LogP contribution is 2.15. The van der Waals surface area contributed by atoms with Crippen molar-refractivity contribution in [1.82, 2.24) is 10.3 Å². The van der Waals surface area contributed by atoms with Gasteiger partial charge in [0.2, 0.25) is 0 Å². The van der Waals surface area contributed by atoms with Crippen LogP contribution in [0.1, 0.15) is 6.42 Å². The summed E-state index contributed by atoms with van der Waals surface area (Å²) in [4.78, 5) is 27.6. The van der Waals surface area contributed by atoms with Gasteiger partial charge in [0, 0.05) is 22.8 Å². The largest absolute Gasteiger partial charge is 0.466 e. The van der Waals surface area contributed by atoms with E-state index in [2.05, 4.69) is 36.3 Å². The molecular weight excluding hydrogens is 342 g/mol. The standard InChI is InChI=1S/C13H14BrN3O4/c1-20-12(18)9-7-21-5-4-10(9)16-13(19)17-11-3-2-8(14)6-15-11/h2-3,6H,4-5,7H2,1H3,(H2,15,16,17,19). The molecule has 0 aromatic carbocycles. The average molecular weight is 356 g/mol. The minimum absolute atomic E-state index is 0.124. The Morgan fingerprint density at radius 2 is 2.19 bits per heavy atom. The number of aromatic nitrogens is 1. The second-order valence-corrected chi connectivity index (χ2v) is 5.11. The van der Waals surface area contributed by atoms with Crippen LogP contribution in [0.4, 0.5) is 10.6 Å². The fourth-order valence-corrected chi connectivity index (χ4v) is 2.00. The summed E-state index contributed by atoms with van der Waals surface area (Å²) in [5, 5.41) is 5.23. The Morgan fingerprint density at radius 3 is 2.86 bits per heavy atom. The summed E-state index contributed by atoms with van der Waals surface area (Å²) in [6.45, 7) is 0.561. The van der Waals surface area contributed by atoms with Gasteiger partial charge in [-0.1, -0.05) is 0 Å². The van der Waals surface area contributed by atoms with Crippen LogP contribution in [0.25, 0.3) is 0 Å². The van der Waals surface area contributed by atoms with E-state index in [1.807, 2.05) is 0 Å². The van der Waals surface area contributed by atoms with Gasteiger partial charge in [0.15, 0.2) is 0 Å². The molecule has 2 rings (SSSR count). The summed E-state index contributed by atoms with van der Waals surface area (Å²) in [7, 11) is 1.29. The van der Waals surface area contributed by atoms with Gasteiger partial charge >= 0.3 is 12.0 Å². The number of methoxy groups -OCH3 is 1. The van der Waals surface area contributed by atoms with Crippen molar-refractivity contribution in [3.05, 3.63) is 34.1 Å². The van der Waals surface area contributed by atoms with Crippen molar-refractivity contribution in [2.24, 2.45) is 0 Å². The Morgan fingerprint density at radius 1 is 1.38 bits per heavy atom. The number of pyridine rings is 1. The molecule has 0 saturated carbocycles. The molecule has 2 heterocycles. The number of ether oxygens (including phenoxy) is 2. The Hall–Kier alpha value is -1.93. The lowest BCUT2D eigenvalue weighted by atomic mass is 10.1. The molecule has 2 N–H and O–H groups in total. The first-order chi connectivity index (χ1) is 10.1. The number of carbonyl (C=O) groups is 2. The molecule has 0 radical (unpaired) electrons. The molecule has 0 fully saturated rings. The third-order valence-corrected chi connectivity index (χ3v) is 3.24. The molecule has 0 spiro atoms. The van der Waals surface area contributed by atoms with E-state index in [1.165, 1.54) is 7.11 Å². The number of hydrogen-bond acceptors (Lipinski definition) is 5. The van der Waals surface area contributed by atoms with Crippen LogP contribution in [0.3, 0.4) is 0 Å². The Balaban J connectivity index is 2.04. The number of amides is 2. The highest BCUT2D eigenvalue weighted by atomic mass is 79.9. The number of carbonyl (C=O) groups excluding carboxylic acids is 2. The van der Waals surface area contributed by atoms with Crippen molar-refractivity contribution >= 4 is 33.7 Å². The molecule has 112 valence electrons. The highest BCUT2D eigenvalue weighted by molar-refractivity contribution is 9.10. The van der Waals surface area contributed by atoms with E-state index < -0.39 is 12.0 Å². The third kappa shape index (κ3) is 4.27. The van der Waals surface area contributed by atoms with Gasteiger partial charge in [-0.15, -0.1) is 0 Å². The number of urea groups is 1. The normalized spacial score (nSPS) is 14.6. The Kier molecular flexibility index (Phi) is 5.29. The zero-order chi connectivity index (χ0) is 15.2. The number of rotatable bonds is 3. The lowest BCUT2D eigenvalue weighted by Crippen LogP contribution is -2.33. The second kappa shape index (κ2) is 7.19. The van der Waals surface area contributed by atoms with Crippen LogP contribution in [0.2, 0.25) is 0 Å². The SMILES string of the molecule is COC(=O)C1=C(NC(=O)Nc2ccc(Br)cn2)CCOC1. The van der Waals surface area contributed by atoms with Gasteiger partial charge in [-0.25, -0.2) is 14.6 Å². The molecule has 1 aliphatic rings. The molecule has 0 aliphatic carbocycles. The van der Waals surface area contributed by atoms with E-state index in [0.717, 1.165) is 4.47 Å². The fourth-order valence-electron chi connectivity index (χ4n) is 1.76. The monoisotopic (exact) mass is 355 g/mol. The van der Waals surface area contributed by atoms with Gasteiger partial charge in [-0.05, 0) is 28.1 Å². The van der Waals surface area contributed by atoms with Crippen LogP contribution in [0, 0.1) is 0 Å². The van der Waals surface area contributed by atoms with Crippen LogP contribution in [0.5, 0.6) is 0 Å². The molecule has 0 atom stereocenters. The van der Waals surface area contributed by atoms with Gasteiger partial charge in [-0.3, -0.25) is 5.32 Å². The first-order valence-corrected chi connectivity index (χ1v) is 6.97. The van der Waals surface area contributed by atoms with Gasteiger partial charge in [-0.2, -0.15) is 0 Å². The quantitative estimate of drug-likeness (QED) is 0.807. The van der Waals surface area contributed by atoms with Crippen molar-refractivity contribution in [3.63, 3.8) is 0 Å². The number of hydrogen-bond donors (Lipinski definition) is 2. The lowest BCUT2D eigenvalue weighted by Gasteiger charge is -2.20. The number of nitrogens with zero attached hydrogens (tertiary/aromatic N) is 1. The van der Waals surface area contributed by atoms with E-state index >= 15 is 0 Å². The van der Waals surface area contributed by atoms with Crippen molar-refractivity contribution in [3.8, 4) is 0 Å². The van der Waals surface area contributed by atoms with Crippen molar-refractivity contribution in [2.75, 3.05) is 25.6 Å². The first-order valence-electron chi connectivity index (χ1n) is 6.18. The predicted molar refractivity (Wildman–Crippen MR) is 78.6 cm³/mol. The smallest absolute Gasteiger partial charge is 0.337 e. The summed E-state index contributed by atoms with van der Waals surface area (Å²) < 4.78 is 10.7. The summed E-state index contributed by atoms with van der Waals surface area (Å²) in [5.74, 6) is -0.102. The molecule has 0 saturated heterocycles. The van der Waals surface area contributed by atoms with Crippen LogP contribution in [-0.4, -0.2) is 37.3 Å². The average Bonchev–Trinajstić information content (AvgIpc) is 2.49. The molecular formula is C13H14BrN3O4. The molecule has 0 unspecified atom stereocenters. The molecule has 8 heteroatoms. The number of halogens is 1. The second-order valence-electron chi connectivity index (χ2n) is 4.19. The zero-order valence-corrected chi connectivity index (χ0v) is 12.9. The van der Waals surface area contributed by atoms with Gasteiger partial charge in [0.05, 0.1) is 25.9 Å². The van der Waals surface area contributed by atoms with E-state index in [1.54, 1.807) is 18.3 Å². The Labute approximate surface area is 129 Å². The molecule has 7 nitrogen and oxygen atoms in total. The minimum atomic E-state index is -0.508. The first kappa shape index (κ1) is 15.5. The van der Waals surface area contributed by atoms with Gasteiger partial charge in [0.25, 0.3) is 0 Å². The topological polar surface area (TPSA) is 89.5 Å². The van der Waals surface area contributed by atoms with Crippen LogP contribution >= 0.6 is 15.9 Å². The maximum absolute atomic E-state index is 11.9. The molecule has 1 aromatic rings. The van der Waals surface area contributed by atoms with E-state index in [-0.39, 0.29) is 6.61 Å². The van der Waals surface area contributed by atoms with Crippen LogP contribution < -0.4 is 10.6 Å². The summed E-state index contributed by atoms with van der Waals surface area (Å²) in [5.41, 5.74) is 0.824. The molecule has 0 bridgehead atoms. The maximum atomic E-state index is 11.9. The zero-order valence-electron chi connectivity index (χ0n) is 11.3. The van der Waals surface area contributed by atoms with E-state index in [0.29, 0.717) is 30.1 Å². The van der Waals surface area contributed by atoms with Crippen LogP contribution in [0.15, 0.2) is 34.1 Å². The lowest BCUT2D eigenvalue weighted by molar-refractivity contribution is -0.137. The van der Waals surface area contributed by atoms with Crippen molar-refractivity contribution < 1.29 is 19.1 Å². The number of esters is 1. The molecule has 21 heavy (non-hydrogen) atoms. The Bertz CT molecular complexity index is 571. The molecule has 1 aliphatic heterocycles. The summed E-state index contributed by atoms with van der Waals surface area (Å²) >= 11 is 3.26. The van der Waals surface area contributed by atoms with E-state index in [9.17, 15) is 9.59 Å². The van der Waals surface area contributed by atoms with Crippen molar-refractivity contribution in [2.45, 2.75) is 6.42 Å². The maximum Gasteiger partial charge on any atom is 0.337 e. The highest BCUT2D eigenvalue weighted by Gasteiger charge is 2.21. The summed E-state index contributed by atoms with van der Waals surface area (Å²) in [6.07, 6.45) is 2.01.